The van der Waals surface area contributed by atoms with Crippen LogP contribution in [0.4, 0.5) is 0 Å². The minimum Gasteiger partial charge on any atom is -0.479 e. The second-order valence-electron chi connectivity index (χ2n) is 21.3. The Bertz CT molecular complexity index is 1570. The van der Waals surface area contributed by atoms with Gasteiger partial charge in [0.25, 0.3) is 0 Å². The lowest BCUT2D eigenvalue weighted by molar-refractivity contribution is -0.301. The number of carboxylic acids is 1. The SMILES string of the molecule is CC/C=C\C/C=C\C/C=C\C/C=C\CCCCC(=O)OC1C(OCC(COC(=O)CCCCCCCCCCCCCCCCCCC)OC(=O)CCCCCCC/C=C\CCCCCCCC)OC(C(=O)O)C(O)C1O. The molecular weight excluding hydrogens is 973 g/mol. The largest absolute Gasteiger partial charge is 0.479 e. The molecule has 6 unspecified atom stereocenters. The first kappa shape index (κ1) is 71.4. The summed E-state index contributed by atoms with van der Waals surface area (Å²) in [6.07, 6.45) is 53.3. The van der Waals surface area contributed by atoms with Crippen LogP contribution >= 0.6 is 0 Å². The molecule has 0 aliphatic carbocycles. The van der Waals surface area contributed by atoms with E-state index in [4.69, 9.17) is 23.7 Å². The number of aliphatic hydroxyl groups excluding tert-OH is 2. The van der Waals surface area contributed by atoms with Crippen molar-refractivity contribution < 1.29 is 58.2 Å². The van der Waals surface area contributed by atoms with E-state index in [2.05, 4.69) is 81.5 Å². The maximum absolute atomic E-state index is 13.2. The van der Waals surface area contributed by atoms with E-state index in [0.717, 1.165) is 89.9 Å². The van der Waals surface area contributed by atoms with Gasteiger partial charge in [-0.2, -0.15) is 0 Å². The molecule has 1 saturated heterocycles. The van der Waals surface area contributed by atoms with Crippen LogP contribution in [0.25, 0.3) is 0 Å². The van der Waals surface area contributed by atoms with E-state index in [9.17, 15) is 34.5 Å². The highest BCUT2D eigenvalue weighted by Crippen LogP contribution is 2.26. The fourth-order valence-electron chi connectivity index (χ4n) is 9.30. The second-order valence-corrected chi connectivity index (χ2v) is 21.3. The normalized spacial score (nSPS) is 18.4. The van der Waals surface area contributed by atoms with Crippen LogP contribution < -0.4 is 0 Å². The van der Waals surface area contributed by atoms with E-state index >= 15 is 0 Å². The van der Waals surface area contributed by atoms with Gasteiger partial charge in [-0.25, -0.2) is 4.79 Å². The van der Waals surface area contributed by atoms with Gasteiger partial charge in [-0.05, 0) is 83.5 Å². The van der Waals surface area contributed by atoms with E-state index < -0.39 is 67.3 Å². The first-order valence-electron chi connectivity index (χ1n) is 31.3. The predicted octanol–water partition coefficient (Wildman–Crippen LogP) is 16.3. The fraction of sp³-hybridized carbons (Fsp3) is 0.785. The number of carbonyl (C=O) groups is 4. The van der Waals surface area contributed by atoms with Crippen LogP contribution in [-0.2, 0) is 42.9 Å². The molecule has 444 valence electrons. The minimum absolute atomic E-state index is 0.00784. The average molecular weight is 1090 g/mol. The summed E-state index contributed by atoms with van der Waals surface area (Å²) in [6.45, 7) is 5.88. The first-order chi connectivity index (χ1) is 37.6. The van der Waals surface area contributed by atoms with Crippen LogP contribution in [0.2, 0.25) is 0 Å². The number of hydrogen-bond donors (Lipinski definition) is 3. The number of carbonyl (C=O) groups excluding carboxylic acids is 3. The molecule has 0 amide bonds. The van der Waals surface area contributed by atoms with Gasteiger partial charge in [0, 0.05) is 19.3 Å². The number of ether oxygens (including phenoxy) is 5. The molecule has 0 bridgehead atoms. The molecular formula is C65H112O12. The monoisotopic (exact) mass is 1080 g/mol. The van der Waals surface area contributed by atoms with Crippen LogP contribution in [0.3, 0.4) is 0 Å². The molecule has 0 aromatic carbocycles. The summed E-state index contributed by atoms with van der Waals surface area (Å²) in [4.78, 5) is 51.2. The number of aliphatic hydroxyl groups is 2. The number of unbranched alkanes of at least 4 members (excludes halogenated alkanes) is 29. The maximum atomic E-state index is 13.2. The van der Waals surface area contributed by atoms with Gasteiger partial charge in [0.2, 0.25) is 0 Å². The van der Waals surface area contributed by atoms with E-state index in [1.165, 1.54) is 122 Å². The summed E-state index contributed by atoms with van der Waals surface area (Å²) in [5.74, 6) is -3.17. The Balaban J connectivity index is 2.69. The molecule has 1 fully saturated rings. The van der Waals surface area contributed by atoms with Crippen LogP contribution in [0.1, 0.15) is 278 Å². The van der Waals surface area contributed by atoms with Crippen molar-refractivity contribution in [2.75, 3.05) is 13.2 Å². The summed E-state index contributed by atoms with van der Waals surface area (Å²) >= 11 is 0. The standard InChI is InChI=1S/C65H112O12/c1-4-7-10-13-16-19-22-25-28-29-32-33-36-39-42-45-48-51-57(66)73-54-56(75-58(67)52-49-46-43-40-37-34-30-26-23-20-17-14-11-8-5-2)55-74-65-63(61(70)60(69)62(77-65)64(71)72)76-59(68)53-50-47-44-41-38-35-31-27-24-21-18-15-12-9-6-3/h9,12,18,21,26-27,30-31,38,41,56,60-63,65,69-70H,4-8,10-11,13-17,19-20,22-25,28-29,32-37,39-40,42-55H2,1-3H3,(H,71,72)/b12-9-,21-18-,30-26-,31-27-,41-38-. The van der Waals surface area contributed by atoms with Gasteiger partial charge < -0.3 is 39.0 Å². The Kier molecular flexibility index (Phi) is 49.2. The van der Waals surface area contributed by atoms with Gasteiger partial charge in [-0.1, -0.05) is 236 Å². The molecule has 0 aromatic rings. The average Bonchev–Trinajstić information content (AvgIpc) is 3.43. The zero-order valence-electron chi connectivity index (χ0n) is 49.0. The van der Waals surface area contributed by atoms with Gasteiger partial charge in [0.05, 0.1) is 6.61 Å². The van der Waals surface area contributed by atoms with Gasteiger partial charge >= 0.3 is 23.9 Å². The summed E-state index contributed by atoms with van der Waals surface area (Å²) in [5.41, 5.74) is 0. The summed E-state index contributed by atoms with van der Waals surface area (Å²) in [5, 5.41) is 31.5. The molecule has 1 rings (SSSR count). The molecule has 0 aromatic heterocycles. The summed E-state index contributed by atoms with van der Waals surface area (Å²) in [7, 11) is 0. The smallest absolute Gasteiger partial charge is 0.335 e. The molecule has 12 heteroatoms. The van der Waals surface area contributed by atoms with Crippen molar-refractivity contribution >= 4 is 23.9 Å². The molecule has 12 nitrogen and oxygen atoms in total. The minimum atomic E-state index is -1.92. The third-order valence-corrected chi connectivity index (χ3v) is 14.1. The Morgan fingerprint density at radius 1 is 0.442 bits per heavy atom. The van der Waals surface area contributed by atoms with E-state index in [1.807, 2.05) is 0 Å². The van der Waals surface area contributed by atoms with Crippen LogP contribution in [-0.4, -0.2) is 89.2 Å². The molecule has 1 aliphatic heterocycles. The topological polar surface area (TPSA) is 175 Å². The molecule has 0 saturated carbocycles. The lowest BCUT2D eigenvalue weighted by Crippen LogP contribution is -2.61. The third kappa shape index (κ3) is 43.0. The first-order valence-corrected chi connectivity index (χ1v) is 31.3. The molecule has 77 heavy (non-hydrogen) atoms. The maximum Gasteiger partial charge on any atom is 0.335 e. The van der Waals surface area contributed by atoms with Crippen molar-refractivity contribution in [1.82, 2.24) is 0 Å². The number of allylic oxidation sites excluding steroid dienone is 10. The highest BCUT2D eigenvalue weighted by atomic mass is 16.7. The second kappa shape index (κ2) is 53.1. The van der Waals surface area contributed by atoms with E-state index in [0.29, 0.717) is 25.7 Å². The Morgan fingerprint density at radius 2 is 0.818 bits per heavy atom. The number of rotatable bonds is 53. The molecule has 6 atom stereocenters. The lowest BCUT2D eigenvalue weighted by atomic mass is 9.98. The number of hydrogen-bond acceptors (Lipinski definition) is 11. The highest BCUT2D eigenvalue weighted by molar-refractivity contribution is 5.74. The molecule has 0 spiro atoms. The van der Waals surface area contributed by atoms with E-state index in [1.54, 1.807) is 0 Å². The summed E-state index contributed by atoms with van der Waals surface area (Å²) in [6, 6.07) is 0. The lowest BCUT2D eigenvalue weighted by Gasteiger charge is -2.40. The quantitative estimate of drug-likeness (QED) is 0.0228. The van der Waals surface area contributed by atoms with Crippen molar-refractivity contribution in [2.24, 2.45) is 0 Å². The van der Waals surface area contributed by atoms with Crippen LogP contribution in [0.5, 0.6) is 0 Å². The number of esters is 3. The molecule has 0 radical (unpaired) electrons. The van der Waals surface area contributed by atoms with Crippen LogP contribution in [0, 0.1) is 0 Å². The Labute approximate surface area is 468 Å². The zero-order valence-corrected chi connectivity index (χ0v) is 49.0. The predicted molar refractivity (Wildman–Crippen MR) is 312 cm³/mol. The zero-order chi connectivity index (χ0) is 56.1. The van der Waals surface area contributed by atoms with Crippen molar-refractivity contribution in [1.29, 1.82) is 0 Å². The van der Waals surface area contributed by atoms with Crippen LogP contribution in [0.15, 0.2) is 60.8 Å². The van der Waals surface area contributed by atoms with Gasteiger partial charge in [0.1, 0.15) is 18.8 Å². The van der Waals surface area contributed by atoms with Gasteiger partial charge in [0.15, 0.2) is 24.6 Å². The van der Waals surface area contributed by atoms with Crippen molar-refractivity contribution in [2.45, 2.75) is 314 Å². The number of carboxylic acid groups (broad SMARTS) is 1. The van der Waals surface area contributed by atoms with Gasteiger partial charge in [-0.3, -0.25) is 14.4 Å². The molecule has 1 heterocycles. The van der Waals surface area contributed by atoms with E-state index in [-0.39, 0.29) is 25.9 Å². The molecule has 3 N–H and O–H groups in total. The van der Waals surface area contributed by atoms with Crippen molar-refractivity contribution in [3.05, 3.63) is 60.8 Å². The Morgan fingerprint density at radius 3 is 1.29 bits per heavy atom. The summed E-state index contributed by atoms with van der Waals surface area (Å²) < 4.78 is 28.4. The highest BCUT2D eigenvalue weighted by Gasteiger charge is 2.50. The molecule has 1 aliphatic rings. The van der Waals surface area contributed by atoms with Crippen molar-refractivity contribution in [3.8, 4) is 0 Å². The van der Waals surface area contributed by atoms with Gasteiger partial charge in [-0.15, -0.1) is 0 Å². The van der Waals surface area contributed by atoms with Crippen molar-refractivity contribution in [3.63, 3.8) is 0 Å². The third-order valence-electron chi connectivity index (χ3n) is 14.1. The number of aliphatic carboxylic acids is 1. The Hall–Kier alpha value is -3.58. The fourth-order valence-corrected chi connectivity index (χ4v) is 9.30.